The minimum absolute atomic E-state index is 0.273. The van der Waals surface area contributed by atoms with Gasteiger partial charge in [-0.05, 0) is 36.4 Å². The lowest BCUT2D eigenvalue weighted by Crippen LogP contribution is -2.26. The molecule has 0 spiro atoms. The predicted octanol–water partition coefficient (Wildman–Crippen LogP) is 2.69. The Kier molecular flexibility index (Phi) is 4.26. The van der Waals surface area contributed by atoms with Crippen LogP contribution in [0.15, 0.2) is 58.1 Å². The predicted molar refractivity (Wildman–Crippen MR) is 94.4 cm³/mol. The van der Waals surface area contributed by atoms with Gasteiger partial charge in [-0.2, -0.15) is 0 Å². The summed E-state index contributed by atoms with van der Waals surface area (Å²) in [5.41, 5.74) is 1.33. The number of anilines is 1. The highest BCUT2D eigenvalue weighted by molar-refractivity contribution is 7.99. The minimum atomic E-state index is -0.401. The van der Waals surface area contributed by atoms with Gasteiger partial charge in [0.15, 0.2) is 6.73 Å². The molecule has 26 heavy (non-hydrogen) atoms. The quantitative estimate of drug-likeness (QED) is 0.773. The maximum Gasteiger partial charge on any atom is 0.256 e. The van der Waals surface area contributed by atoms with Gasteiger partial charge in [-0.3, -0.25) is 9.59 Å². The van der Waals surface area contributed by atoms with Crippen molar-refractivity contribution in [2.24, 2.45) is 0 Å². The summed E-state index contributed by atoms with van der Waals surface area (Å²) in [4.78, 5) is 26.0. The van der Waals surface area contributed by atoms with Crippen molar-refractivity contribution in [1.82, 2.24) is 10.6 Å². The molecule has 2 heterocycles. The molecule has 2 aliphatic heterocycles. The molecule has 0 fully saturated rings. The molecule has 0 unspecified atom stereocenters. The summed E-state index contributed by atoms with van der Waals surface area (Å²) >= 11 is 1.28. The van der Waals surface area contributed by atoms with E-state index in [4.69, 9.17) is 4.74 Å². The lowest BCUT2D eigenvalue weighted by Gasteiger charge is -2.10. The largest absolute Gasteiger partial charge is 0.474 e. The highest BCUT2D eigenvalue weighted by atomic mass is 32.2. The molecule has 8 heteroatoms. The molecule has 2 aromatic carbocycles. The van der Waals surface area contributed by atoms with E-state index in [1.165, 1.54) is 30.0 Å². The van der Waals surface area contributed by atoms with Crippen molar-refractivity contribution in [2.75, 3.05) is 18.6 Å². The van der Waals surface area contributed by atoms with E-state index in [0.717, 1.165) is 4.90 Å². The second-order valence-corrected chi connectivity index (χ2v) is 6.78. The van der Waals surface area contributed by atoms with Gasteiger partial charge in [-0.15, -0.1) is 0 Å². The number of carbonyl (C=O) groups is 2. The summed E-state index contributed by atoms with van der Waals surface area (Å²) in [6.45, 7) is 0.670. The Morgan fingerprint density at radius 1 is 1.23 bits per heavy atom. The van der Waals surface area contributed by atoms with Gasteiger partial charge in [-0.25, -0.2) is 4.39 Å². The molecule has 0 bridgehead atoms. The van der Waals surface area contributed by atoms with Gasteiger partial charge in [0.25, 0.3) is 11.8 Å². The molecule has 0 atom stereocenters. The van der Waals surface area contributed by atoms with E-state index in [1.807, 2.05) is 0 Å². The van der Waals surface area contributed by atoms with Gasteiger partial charge in [0.2, 0.25) is 0 Å². The van der Waals surface area contributed by atoms with Gasteiger partial charge < -0.3 is 20.7 Å². The SMILES string of the molecule is O=C(NCC1=CNCO1)c1ccc2c(c1)NC(=O)c1ccc(F)cc1S2. The third-order valence-electron chi connectivity index (χ3n) is 3.93. The van der Waals surface area contributed by atoms with Crippen LogP contribution < -0.4 is 16.0 Å². The van der Waals surface area contributed by atoms with E-state index < -0.39 is 5.82 Å². The zero-order chi connectivity index (χ0) is 18.1. The average molecular weight is 371 g/mol. The lowest BCUT2D eigenvalue weighted by atomic mass is 10.1. The number of fused-ring (bicyclic) bond motifs is 2. The van der Waals surface area contributed by atoms with Gasteiger partial charge in [0, 0.05) is 21.6 Å². The van der Waals surface area contributed by atoms with Crippen molar-refractivity contribution >= 4 is 29.3 Å². The molecule has 0 saturated carbocycles. The van der Waals surface area contributed by atoms with Crippen LogP contribution >= 0.6 is 11.8 Å². The van der Waals surface area contributed by atoms with Crippen LogP contribution in [0.5, 0.6) is 0 Å². The Morgan fingerprint density at radius 2 is 2.12 bits per heavy atom. The number of rotatable bonds is 3. The summed E-state index contributed by atoms with van der Waals surface area (Å²) in [6, 6.07) is 9.05. The molecule has 4 rings (SSSR count). The van der Waals surface area contributed by atoms with E-state index in [1.54, 1.807) is 24.4 Å². The highest BCUT2D eigenvalue weighted by Crippen LogP contribution is 2.39. The van der Waals surface area contributed by atoms with Crippen molar-refractivity contribution < 1.29 is 18.7 Å². The Labute approximate surface area is 152 Å². The maximum atomic E-state index is 13.5. The molecule has 0 aromatic heterocycles. The molecule has 132 valence electrons. The van der Waals surface area contributed by atoms with Crippen LogP contribution in [-0.2, 0) is 4.74 Å². The summed E-state index contributed by atoms with van der Waals surface area (Å²) in [5.74, 6) is -0.369. The molecule has 0 aliphatic carbocycles. The van der Waals surface area contributed by atoms with Crippen LogP contribution in [0.3, 0.4) is 0 Å². The minimum Gasteiger partial charge on any atom is -0.474 e. The van der Waals surface area contributed by atoms with Crippen LogP contribution in [0.2, 0.25) is 0 Å². The van der Waals surface area contributed by atoms with Crippen LogP contribution in [0.25, 0.3) is 0 Å². The van der Waals surface area contributed by atoms with Crippen LogP contribution in [0, 0.1) is 5.82 Å². The van der Waals surface area contributed by atoms with Crippen molar-refractivity contribution in [2.45, 2.75) is 9.79 Å². The van der Waals surface area contributed by atoms with Crippen LogP contribution in [0.4, 0.5) is 10.1 Å². The summed E-state index contributed by atoms with van der Waals surface area (Å²) < 4.78 is 18.7. The summed E-state index contributed by atoms with van der Waals surface area (Å²) in [5, 5.41) is 8.43. The monoisotopic (exact) mass is 371 g/mol. The number of benzene rings is 2. The first-order valence-corrected chi connectivity index (χ1v) is 8.68. The Morgan fingerprint density at radius 3 is 2.92 bits per heavy atom. The number of halogens is 1. The van der Waals surface area contributed by atoms with E-state index in [9.17, 15) is 14.0 Å². The van der Waals surface area contributed by atoms with E-state index in [2.05, 4.69) is 16.0 Å². The van der Waals surface area contributed by atoms with Crippen LogP contribution in [0.1, 0.15) is 20.7 Å². The standard InChI is InChI=1S/C18H14FN3O3S/c19-11-2-3-13-16(6-11)26-15-4-1-10(5-14(15)22-18(13)24)17(23)21-8-12-7-20-9-25-12/h1-7,20H,8-9H2,(H,21,23)(H,22,24). The number of ether oxygens (including phenoxy) is 1. The number of nitrogens with one attached hydrogen (secondary N) is 3. The second-order valence-electron chi connectivity index (χ2n) is 5.69. The number of amides is 2. The zero-order valence-electron chi connectivity index (χ0n) is 13.5. The molecule has 2 aromatic rings. The van der Waals surface area contributed by atoms with Crippen molar-refractivity contribution in [1.29, 1.82) is 0 Å². The van der Waals surface area contributed by atoms with E-state index in [0.29, 0.717) is 34.2 Å². The summed E-state index contributed by atoms with van der Waals surface area (Å²) in [7, 11) is 0. The first kappa shape index (κ1) is 16.5. The fraction of sp³-hybridized carbons (Fsp3) is 0.111. The van der Waals surface area contributed by atoms with E-state index in [-0.39, 0.29) is 18.4 Å². The molecular formula is C18H14FN3O3S. The Balaban J connectivity index is 1.56. The fourth-order valence-electron chi connectivity index (χ4n) is 2.64. The smallest absolute Gasteiger partial charge is 0.256 e. The zero-order valence-corrected chi connectivity index (χ0v) is 14.3. The summed E-state index contributed by atoms with van der Waals surface area (Å²) in [6.07, 6.45) is 1.70. The third-order valence-corrected chi connectivity index (χ3v) is 5.06. The van der Waals surface area contributed by atoms with Gasteiger partial charge in [0.05, 0.1) is 17.8 Å². The number of hydrogen-bond acceptors (Lipinski definition) is 5. The number of hydrogen-bond donors (Lipinski definition) is 3. The maximum absolute atomic E-state index is 13.5. The molecule has 3 N–H and O–H groups in total. The van der Waals surface area contributed by atoms with Crippen molar-refractivity contribution in [3.8, 4) is 0 Å². The number of carbonyl (C=O) groups excluding carboxylic acids is 2. The van der Waals surface area contributed by atoms with Crippen molar-refractivity contribution in [3.63, 3.8) is 0 Å². The van der Waals surface area contributed by atoms with Crippen molar-refractivity contribution in [3.05, 3.63) is 65.3 Å². The first-order chi connectivity index (χ1) is 12.6. The molecule has 2 amide bonds. The molecule has 0 radical (unpaired) electrons. The normalized spacial score (nSPS) is 14.8. The topological polar surface area (TPSA) is 79.5 Å². The molecule has 2 aliphatic rings. The first-order valence-electron chi connectivity index (χ1n) is 7.86. The second kappa shape index (κ2) is 6.72. The van der Waals surface area contributed by atoms with Gasteiger partial charge in [0.1, 0.15) is 11.6 Å². The fourth-order valence-corrected chi connectivity index (χ4v) is 3.67. The average Bonchev–Trinajstić information content (AvgIpc) is 3.10. The Bertz CT molecular complexity index is 945. The molecular weight excluding hydrogens is 357 g/mol. The van der Waals surface area contributed by atoms with E-state index >= 15 is 0 Å². The van der Waals surface area contributed by atoms with Crippen LogP contribution in [-0.4, -0.2) is 25.1 Å². The lowest BCUT2D eigenvalue weighted by molar-refractivity contribution is 0.0947. The highest BCUT2D eigenvalue weighted by Gasteiger charge is 2.21. The molecule has 6 nitrogen and oxygen atoms in total. The third kappa shape index (κ3) is 3.23. The molecule has 0 saturated heterocycles. The van der Waals surface area contributed by atoms with Gasteiger partial charge >= 0.3 is 0 Å². The Hall–Kier alpha value is -3.00. The van der Waals surface area contributed by atoms with Gasteiger partial charge in [-0.1, -0.05) is 11.8 Å².